The van der Waals surface area contributed by atoms with Crippen molar-refractivity contribution in [2.24, 2.45) is 0 Å². The molecule has 0 fully saturated rings. The molecular weight excluding hydrogens is 406 g/mol. The van der Waals surface area contributed by atoms with Crippen LogP contribution in [0.5, 0.6) is 0 Å². The summed E-state index contributed by atoms with van der Waals surface area (Å²) < 4.78 is 1.91. The molecule has 8 heteroatoms. The maximum absolute atomic E-state index is 12.4. The molecule has 0 atom stereocenters. The van der Waals surface area contributed by atoms with Crippen molar-refractivity contribution in [3.63, 3.8) is 0 Å². The van der Waals surface area contributed by atoms with Crippen molar-refractivity contribution >= 4 is 35.0 Å². The Bertz CT molecular complexity index is 1100. The second kappa shape index (κ2) is 8.89. The van der Waals surface area contributed by atoms with Gasteiger partial charge in [0.05, 0.1) is 5.75 Å². The van der Waals surface area contributed by atoms with Crippen molar-refractivity contribution in [1.82, 2.24) is 19.7 Å². The number of hydrogen-bond donors (Lipinski definition) is 1. The summed E-state index contributed by atoms with van der Waals surface area (Å²) in [5.74, 6) is 0.673. The molecule has 0 saturated carbocycles. The Morgan fingerprint density at radius 2 is 1.72 bits per heavy atom. The van der Waals surface area contributed by atoms with Crippen LogP contribution in [0.3, 0.4) is 0 Å². The monoisotopic (exact) mass is 421 g/mol. The Hall–Kier alpha value is -3.16. The SMILES string of the molecule is O=C(CSc1nnc(-c2ccccn2)n1-c1ccccc1)Nc1ccc(Cl)cc1. The normalized spacial score (nSPS) is 10.7. The molecular formula is C21H16ClN5OS. The first kappa shape index (κ1) is 19.2. The first-order valence-corrected chi connectivity index (χ1v) is 10.2. The van der Waals surface area contributed by atoms with Crippen molar-refractivity contribution in [2.75, 3.05) is 11.1 Å². The number of nitrogens with zero attached hydrogens (tertiary/aromatic N) is 4. The Labute approximate surface area is 177 Å². The summed E-state index contributed by atoms with van der Waals surface area (Å²) in [5.41, 5.74) is 2.30. The number of carbonyl (C=O) groups excluding carboxylic acids is 1. The van der Waals surface area contributed by atoms with E-state index in [-0.39, 0.29) is 11.7 Å². The summed E-state index contributed by atoms with van der Waals surface area (Å²) in [5, 5.41) is 12.7. The van der Waals surface area contributed by atoms with Crippen LogP contribution in [0.1, 0.15) is 0 Å². The molecule has 4 rings (SSSR count). The molecule has 2 aromatic heterocycles. The van der Waals surface area contributed by atoms with E-state index in [1.165, 1.54) is 11.8 Å². The highest BCUT2D eigenvalue weighted by Gasteiger charge is 2.17. The van der Waals surface area contributed by atoms with Gasteiger partial charge in [0, 0.05) is 22.6 Å². The molecule has 0 unspecified atom stereocenters. The number of para-hydroxylation sites is 1. The van der Waals surface area contributed by atoms with E-state index in [0.29, 0.717) is 27.4 Å². The standard InChI is InChI=1S/C21H16ClN5OS/c22-15-9-11-16(12-10-15)24-19(28)14-29-21-26-25-20(18-8-4-5-13-23-18)27(21)17-6-2-1-3-7-17/h1-13H,14H2,(H,24,28). The lowest BCUT2D eigenvalue weighted by atomic mass is 10.3. The van der Waals surface area contributed by atoms with Gasteiger partial charge in [0.1, 0.15) is 5.69 Å². The van der Waals surface area contributed by atoms with E-state index in [9.17, 15) is 4.79 Å². The second-order valence-electron chi connectivity index (χ2n) is 6.04. The number of rotatable bonds is 6. The maximum atomic E-state index is 12.4. The van der Waals surface area contributed by atoms with Gasteiger partial charge in [-0.05, 0) is 48.5 Å². The minimum absolute atomic E-state index is 0.140. The van der Waals surface area contributed by atoms with Gasteiger partial charge in [-0.3, -0.25) is 14.3 Å². The number of anilines is 1. The van der Waals surface area contributed by atoms with Crippen LogP contribution in [-0.4, -0.2) is 31.4 Å². The van der Waals surface area contributed by atoms with E-state index < -0.39 is 0 Å². The van der Waals surface area contributed by atoms with Gasteiger partial charge in [-0.2, -0.15) is 0 Å². The topological polar surface area (TPSA) is 72.7 Å². The number of thioether (sulfide) groups is 1. The van der Waals surface area contributed by atoms with Crippen LogP contribution in [0, 0.1) is 0 Å². The van der Waals surface area contributed by atoms with E-state index in [1.54, 1.807) is 30.5 Å². The number of amides is 1. The molecule has 29 heavy (non-hydrogen) atoms. The second-order valence-corrected chi connectivity index (χ2v) is 7.41. The average molecular weight is 422 g/mol. The Kier molecular flexibility index (Phi) is 5.88. The summed E-state index contributed by atoms with van der Waals surface area (Å²) >= 11 is 7.19. The number of pyridine rings is 1. The van der Waals surface area contributed by atoms with Gasteiger partial charge < -0.3 is 5.32 Å². The number of aromatic nitrogens is 4. The van der Waals surface area contributed by atoms with Gasteiger partial charge in [-0.15, -0.1) is 10.2 Å². The van der Waals surface area contributed by atoms with Gasteiger partial charge in [-0.1, -0.05) is 47.6 Å². The molecule has 0 saturated heterocycles. The number of nitrogens with one attached hydrogen (secondary N) is 1. The summed E-state index contributed by atoms with van der Waals surface area (Å²) in [4.78, 5) is 16.7. The highest BCUT2D eigenvalue weighted by Crippen LogP contribution is 2.27. The highest BCUT2D eigenvalue weighted by atomic mass is 35.5. The lowest BCUT2D eigenvalue weighted by molar-refractivity contribution is -0.113. The number of carbonyl (C=O) groups is 1. The molecule has 0 spiro atoms. The number of hydrogen-bond acceptors (Lipinski definition) is 5. The van der Waals surface area contributed by atoms with Crippen molar-refractivity contribution in [2.45, 2.75) is 5.16 Å². The maximum Gasteiger partial charge on any atom is 0.234 e. The van der Waals surface area contributed by atoms with Crippen molar-refractivity contribution in [3.8, 4) is 17.2 Å². The van der Waals surface area contributed by atoms with Gasteiger partial charge >= 0.3 is 0 Å². The lowest BCUT2D eigenvalue weighted by Crippen LogP contribution is -2.14. The summed E-state index contributed by atoms with van der Waals surface area (Å²) in [7, 11) is 0. The van der Waals surface area contributed by atoms with Crippen LogP contribution in [0.4, 0.5) is 5.69 Å². The highest BCUT2D eigenvalue weighted by molar-refractivity contribution is 7.99. The first-order valence-electron chi connectivity index (χ1n) is 8.81. The molecule has 0 radical (unpaired) electrons. The Balaban J connectivity index is 1.56. The van der Waals surface area contributed by atoms with E-state index in [2.05, 4.69) is 20.5 Å². The van der Waals surface area contributed by atoms with Crippen LogP contribution >= 0.6 is 23.4 Å². The molecule has 6 nitrogen and oxygen atoms in total. The summed E-state index contributed by atoms with van der Waals surface area (Å²) in [6, 6.07) is 22.4. The zero-order chi connectivity index (χ0) is 20.1. The van der Waals surface area contributed by atoms with Crippen molar-refractivity contribution in [3.05, 3.63) is 84.0 Å². The molecule has 0 aliphatic rings. The predicted octanol–water partition coefficient (Wildman–Crippen LogP) is 4.71. The largest absolute Gasteiger partial charge is 0.325 e. The fraction of sp³-hybridized carbons (Fsp3) is 0.0476. The zero-order valence-electron chi connectivity index (χ0n) is 15.2. The van der Waals surface area contributed by atoms with E-state index in [4.69, 9.17) is 11.6 Å². The smallest absolute Gasteiger partial charge is 0.234 e. The molecule has 0 aliphatic heterocycles. The molecule has 2 heterocycles. The third-order valence-corrected chi connectivity index (χ3v) is 5.18. The minimum Gasteiger partial charge on any atom is -0.325 e. The van der Waals surface area contributed by atoms with Crippen molar-refractivity contribution in [1.29, 1.82) is 0 Å². The van der Waals surface area contributed by atoms with Crippen molar-refractivity contribution < 1.29 is 4.79 Å². The predicted molar refractivity (Wildman–Crippen MR) is 115 cm³/mol. The number of benzene rings is 2. The van der Waals surface area contributed by atoms with Crippen LogP contribution in [0.2, 0.25) is 5.02 Å². The van der Waals surface area contributed by atoms with Gasteiger partial charge in [-0.25, -0.2) is 0 Å². The minimum atomic E-state index is -0.140. The third-order valence-electron chi connectivity index (χ3n) is 4.00. The van der Waals surface area contributed by atoms with Crippen LogP contribution < -0.4 is 5.32 Å². The fourth-order valence-electron chi connectivity index (χ4n) is 2.69. The summed E-state index contributed by atoms with van der Waals surface area (Å²) in [6.45, 7) is 0. The van der Waals surface area contributed by atoms with Crippen LogP contribution in [0.25, 0.3) is 17.2 Å². The van der Waals surface area contributed by atoms with E-state index in [0.717, 1.165) is 5.69 Å². The van der Waals surface area contributed by atoms with Gasteiger partial charge in [0.2, 0.25) is 5.91 Å². The molecule has 1 N–H and O–H groups in total. The molecule has 4 aromatic rings. The lowest BCUT2D eigenvalue weighted by Gasteiger charge is -2.10. The van der Waals surface area contributed by atoms with Gasteiger partial charge in [0.25, 0.3) is 0 Å². The average Bonchev–Trinajstić information content (AvgIpc) is 3.19. The molecule has 1 amide bonds. The Morgan fingerprint density at radius 1 is 0.966 bits per heavy atom. The van der Waals surface area contributed by atoms with Gasteiger partial charge in [0.15, 0.2) is 11.0 Å². The zero-order valence-corrected chi connectivity index (χ0v) is 16.8. The number of halogens is 1. The quantitative estimate of drug-likeness (QED) is 0.456. The molecule has 144 valence electrons. The Morgan fingerprint density at radius 3 is 2.45 bits per heavy atom. The molecule has 0 aliphatic carbocycles. The van der Waals surface area contributed by atoms with E-state index >= 15 is 0 Å². The van der Waals surface area contributed by atoms with E-state index in [1.807, 2.05) is 53.1 Å². The summed E-state index contributed by atoms with van der Waals surface area (Å²) in [6.07, 6.45) is 1.71. The van der Waals surface area contributed by atoms with Crippen LogP contribution in [0.15, 0.2) is 84.1 Å². The van der Waals surface area contributed by atoms with Crippen LogP contribution in [-0.2, 0) is 4.79 Å². The fourth-order valence-corrected chi connectivity index (χ4v) is 3.57. The third kappa shape index (κ3) is 4.64. The molecule has 2 aromatic carbocycles. The molecule has 0 bridgehead atoms. The first-order chi connectivity index (χ1) is 14.2.